The average Bonchev–Trinajstić information content (AvgIpc) is 2.83. The van der Waals surface area contributed by atoms with Gasteiger partial charge in [0.1, 0.15) is 17.6 Å². The maximum Gasteiger partial charge on any atom is 0.169 e. The Hall–Kier alpha value is -1.30. The quantitative estimate of drug-likeness (QED) is 0.744. The minimum atomic E-state index is -0.244. The summed E-state index contributed by atoms with van der Waals surface area (Å²) in [4.78, 5) is 0. The van der Waals surface area contributed by atoms with Gasteiger partial charge in [-0.05, 0) is 26.0 Å². The highest BCUT2D eigenvalue weighted by atomic mass is 16.7. The van der Waals surface area contributed by atoms with Crippen LogP contribution >= 0.6 is 0 Å². The van der Waals surface area contributed by atoms with E-state index in [0.29, 0.717) is 19.7 Å². The third-order valence-electron chi connectivity index (χ3n) is 3.53. The lowest BCUT2D eigenvalue weighted by molar-refractivity contribution is -0.0989. The maximum absolute atomic E-state index is 5.82. The van der Waals surface area contributed by atoms with Gasteiger partial charge in [0.05, 0.1) is 6.61 Å². The van der Waals surface area contributed by atoms with Crippen LogP contribution in [0.4, 0.5) is 0 Å². The predicted molar refractivity (Wildman–Crippen MR) is 80.9 cm³/mol. The van der Waals surface area contributed by atoms with Crippen LogP contribution in [0.3, 0.4) is 0 Å². The first-order chi connectivity index (χ1) is 10.2. The minimum Gasteiger partial charge on any atom is -0.494 e. The molecule has 0 saturated heterocycles. The van der Waals surface area contributed by atoms with Gasteiger partial charge in [-0.15, -0.1) is 0 Å². The highest BCUT2D eigenvalue weighted by Crippen LogP contribution is 2.35. The van der Waals surface area contributed by atoms with Crippen LogP contribution in [0.15, 0.2) is 12.1 Å². The molecule has 0 saturated carbocycles. The molecule has 1 aromatic carbocycles. The van der Waals surface area contributed by atoms with Gasteiger partial charge in [0, 0.05) is 44.9 Å². The third-order valence-corrected chi connectivity index (χ3v) is 3.53. The number of benzene rings is 1. The summed E-state index contributed by atoms with van der Waals surface area (Å²) in [7, 11) is 3.26. The fourth-order valence-corrected chi connectivity index (χ4v) is 2.50. The molecule has 0 aliphatic carbocycles. The van der Waals surface area contributed by atoms with Crippen molar-refractivity contribution in [3.8, 4) is 11.5 Å². The SMILES string of the molecule is CCOc1cc2c(cc1CNCC(OC)OC)OC(C)C2. The van der Waals surface area contributed by atoms with Crippen LogP contribution in [-0.4, -0.2) is 39.8 Å². The van der Waals surface area contributed by atoms with Crippen molar-refractivity contribution in [2.24, 2.45) is 0 Å². The summed E-state index contributed by atoms with van der Waals surface area (Å²) in [5, 5.41) is 3.32. The number of hydrogen-bond donors (Lipinski definition) is 1. The summed E-state index contributed by atoms with van der Waals surface area (Å²) in [6.07, 6.45) is 0.939. The summed E-state index contributed by atoms with van der Waals surface area (Å²) in [5.41, 5.74) is 2.32. The van der Waals surface area contributed by atoms with E-state index in [2.05, 4.69) is 24.4 Å². The Bertz CT molecular complexity index is 460. The highest BCUT2D eigenvalue weighted by Gasteiger charge is 2.21. The standard InChI is InChI=1S/C16H25NO4/c1-5-20-14-7-12-6-11(2)21-15(12)8-13(14)9-17-10-16(18-3)19-4/h7-8,11,16-17H,5-6,9-10H2,1-4H3. The fraction of sp³-hybridized carbons (Fsp3) is 0.625. The van der Waals surface area contributed by atoms with E-state index in [4.69, 9.17) is 18.9 Å². The lowest BCUT2D eigenvalue weighted by Gasteiger charge is -2.16. The van der Waals surface area contributed by atoms with Crippen LogP contribution < -0.4 is 14.8 Å². The summed E-state index contributed by atoms with van der Waals surface area (Å²) in [6, 6.07) is 4.18. The molecule has 1 atom stereocenters. The lowest BCUT2D eigenvalue weighted by atomic mass is 10.1. The normalized spacial score (nSPS) is 16.9. The number of rotatable bonds is 8. The Labute approximate surface area is 126 Å². The Kier molecular flexibility index (Phi) is 5.85. The Morgan fingerprint density at radius 3 is 2.76 bits per heavy atom. The predicted octanol–water partition coefficient (Wildman–Crippen LogP) is 2.12. The van der Waals surface area contributed by atoms with E-state index in [1.54, 1.807) is 14.2 Å². The van der Waals surface area contributed by atoms with Crippen molar-refractivity contribution in [1.82, 2.24) is 5.32 Å². The van der Waals surface area contributed by atoms with Crippen molar-refractivity contribution in [1.29, 1.82) is 0 Å². The van der Waals surface area contributed by atoms with Gasteiger partial charge in [-0.2, -0.15) is 0 Å². The second-order valence-corrected chi connectivity index (χ2v) is 5.17. The zero-order valence-electron chi connectivity index (χ0n) is 13.3. The smallest absolute Gasteiger partial charge is 0.169 e. The monoisotopic (exact) mass is 295 g/mol. The van der Waals surface area contributed by atoms with Crippen LogP contribution in [-0.2, 0) is 22.4 Å². The molecule has 5 heteroatoms. The van der Waals surface area contributed by atoms with Crippen molar-refractivity contribution in [3.63, 3.8) is 0 Å². The van der Waals surface area contributed by atoms with Gasteiger partial charge in [0.2, 0.25) is 0 Å². The van der Waals surface area contributed by atoms with Crippen molar-refractivity contribution >= 4 is 0 Å². The number of nitrogens with one attached hydrogen (secondary N) is 1. The van der Waals surface area contributed by atoms with Crippen LogP contribution in [0.25, 0.3) is 0 Å². The molecule has 2 rings (SSSR count). The molecule has 1 N–H and O–H groups in total. The zero-order chi connectivity index (χ0) is 15.2. The average molecular weight is 295 g/mol. The van der Waals surface area contributed by atoms with Gasteiger partial charge in [0.25, 0.3) is 0 Å². The minimum absolute atomic E-state index is 0.240. The van der Waals surface area contributed by atoms with E-state index in [-0.39, 0.29) is 12.4 Å². The van der Waals surface area contributed by atoms with Crippen molar-refractivity contribution in [3.05, 3.63) is 23.3 Å². The molecule has 1 heterocycles. The summed E-state index contributed by atoms with van der Waals surface area (Å²) >= 11 is 0. The van der Waals surface area contributed by atoms with E-state index >= 15 is 0 Å². The molecule has 0 fully saturated rings. The number of fused-ring (bicyclic) bond motifs is 1. The number of hydrogen-bond acceptors (Lipinski definition) is 5. The van der Waals surface area contributed by atoms with Gasteiger partial charge in [0.15, 0.2) is 6.29 Å². The topological polar surface area (TPSA) is 49.0 Å². The van der Waals surface area contributed by atoms with E-state index in [9.17, 15) is 0 Å². The van der Waals surface area contributed by atoms with Gasteiger partial charge < -0.3 is 24.3 Å². The summed E-state index contributed by atoms with van der Waals surface area (Å²) < 4.78 is 21.9. The van der Waals surface area contributed by atoms with Crippen LogP contribution in [0.1, 0.15) is 25.0 Å². The van der Waals surface area contributed by atoms with E-state index < -0.39 is 0 Å². The molecular formula is C16H25NO4. The molecule has 1 aromatic rings. The van der Waals surface area contributed by atoms with Crippen molar-refractivity contribution in [2.45, 2.75) is 39.2 Å². The first-order valence-corrected chi connectivity index (χ1v) is 7.39. The van der Waals surface area contributed by atoms with E-state index in [1.165, 1.54) is 5.56 Å². The molecular weight excluding hydrogens is 270 g/mol. The Morgan fingerprint density at radius 2 is 2.10 bits per heavy atom. The first kappa shape index (κ1) is 16.1. The van der Waals surface area contributed by atoms with Crippen LogP contribution in [0, 0.1) is 0 Å². The Balaban J connectivity index is 2.05. The number of methoxy groups -OCH3 is 2. The van der Waals surface area contributed by atoms with Crippen molar-refractivity contribution in [2.75, 3.05) is 27.4 Å². The Morgan fingerprint density at radius 1 is 1.33 bits per heavy atom. The van der Waals surface area contributed by atoms with Crippen LogP contribution in [0.2, 0.25) is 0 Å². The maximum atomic E-state index is 5.82. The third kappa shape index (κ3) is 4.09. The second-order valence-electron chi connectivity index (χ2n) is 5.17. The molecule has 21 heavy (non-hydrogen) atoms. The second kappa shape index (κ2) is 7.64. The summed E-state index contributed by atoms with van der Waals surface area (Å²) in [6.45, 7) is 6.03. The first-order valence-electron chi connectivity index (χ1n) is 7.39. The van der Waals surface area contributed by atoms with Gasteiger partial charge >= 0.3 is 0 Å². The van der Waals surface area contributed by atoms with E-state index in [0.717, 1.165) is 23.5 Å². The molecule has 5 nitrogen and oxygen atoms in total. The van der Waals surface area contributed by atoms with Gasteiger partial charge in [-0.25, -0.2) is 0 Å². The summed E-state index contributed by atoms with van der Waals surface area (Å²) in [5.74, 6) is 1.89. The molecule has 0 aromatic heterocycles. The van der Waals surface area contributed by atoms with Gasteiger partial charge in [-0.1, -0.05) is 0 Å². The van der Waals surface area contributed by atoms with Gasteiger partial charge in [-0.3, -0.25) is 0 Å². The van der Waals surface area contributed by atoms with Crippen LogP contribution in [0.5, 0.6) is 11.5 Å². The fourth-order valence-electron chi connectivity index (χ4n) is 2.50. The molecule has 0 bridgehead atoms. The number of ether oxygens (including phenoxy) is 4. The molecule has 1 unspecified atom stereocenters. The molecule has 0 amide bonds. The zero-order valence-corrected chi connectivity index (χ0v) is 13.3. The lowest BCUT2D eigenvalue weighted by Crippen LogP contribution is -2.29. The van der Waals surface area contributed by atoms with Crippen molar-refractivity contribution < 1.29 is 18.9 Å². The largest absolute Gasteiger partial charge is 0.494 e. The molecule has 0 radical (unpaired) electrons. The highest BCUT2D eigenvalue weighted by molar-refractivity contribution is 5.48. The van der Waals surface area contributed by atoms with E-state index in [1.807, 2.05) is 6.92 Å². The molecule has 118 valence electrons. The molecule has 1 aliphatic rings. The molecule has 1 aliphatic heterocycles. The molecule has 0 spiro atoms.